The lowest BCUT2D eigenvalue weighted by molar-refractivity contribution is 0.0699. The average Bonchev–Trinajstić information content (AvgIpc) is 3.12. The molecular weight excluding hydrogens is 228 g/mol. The molecule has 1 heterocycles. The van der Waals surface area contributed by atoms with Crippen molar-refractivity contribution in [1.82, 2.24) is 9.88 Å². The van der Waals surface area contributed by atoms with Crippen LogP contribution in [0.25, 0.3) is 10.9 Å². The van der Waals surface area contributed by atoms with E-state index in [1.165, 1.54) is 12.8 Å². The van der Waals surface area contributed by atoms with E-state index in [1.807, 2.05) is 23.9 Å². The average molecular weight is 244 g/mol. The van der Waals surface area contributed by atoms with Gasteiger partial charge in [-0.15, -0.1) is 0 Å². The second-order valence-corrected chi connectivity index (χ2v) is 4.93. The number of aryl methyl sites for hydroxylation is 1. The van der Waals surface area contributed by atoms with Crippen LogP contribution < -0.4 is 5.32 Å². The first-order chi connectivity index (χ1) is 8.66. The Balaban J connectivity index is 2.08. The number of fused-ring (bicyclic) bond motifs is 1. The minimum Gasteiger partial charge on any atom is -0.478 e. The minimum absolute atomic E-state index is 0.390. The molecule has 2 aromatic rings. The number of aromatic nitrogens is 1. The molecule has 1 fully saturated rings. The smallest absolute Gasteiger partial charge is 0.336 e. The molecular formula is C14H16N2O2. The standard InChI is InChI=1S/C14H16N2O2/c1-16-8-9(7-15-10-5-6-10)13-11(14(17)18)3-2-4-12(13)16/h2-4,8,10,15H,5-7H2,1H3,(H,17,18). The summed E-state index contributed by atoms with van der Waals surface area (Å²) in [6.07, 6.45) is 4.49. The number of hydrogen-bond donors (Lipinski definition) is 2. The molecule has 1 aliphatic carbocycles. The van der Waals surface area contributed by atoms with Crippen LogP contribution in [-0.2, 0) is 13.6 Å². The zero-order valence-electron chi connectivity index (χ0n) is 10.3. The van der Waals surface area contributed by atoms with Gasteiger partial charge in [0.2, 0.25) is 0 Å². The number of benzene rings is 1. The van der Waals surface area contributed by atoms with E-state index in [0.717, 1.165) is 23.0 Å². The van der Waals surface area contributed by atoms with Crippen LogP contribution in [0.3, 0.4) is 0 Å². The third-order valence-electron chi connectivity index (χ3n) is 3.48. The van der Waals surface area contributed by atoms with Crippen molar-refractivity contribution in [3.8, 4) is 0 Å². The molecule has 0 amide bonds. The molecule has 94 valence electrons. The van der Waals surface area contributed by atoms with Crippen molar-refractivity contribution in [1.29, 1.82) is 0 Å². The summed E-state index contributed by atoms with van der Waals surface area (Å²) in [5.41, 5.74) is 2.43. The molecule has 18 heavy (non-hydrogen) atoms. The van der Waals surface area contributed by atoms with E-state index in [0.29, 0.717) is 11.6 Å². The fraction of sp³-hybridized carbons (Fsp3) is 0.357. The third kappa shape index (κ3) is 1.88. The Bertz CT molecular complexity index is 612. The highest BCUT2D eigenvalue weighted by Gasteiger charge is 2.21. The minimum atomic E-state index is -0.862. The van der Waals surface area contributed by atoms with Gasteiger partial charge in [-0.2, -0.15) is 0 Å². The molecule has 1 aliphatic rings. The van der Waals surface area contributed by atoms with Crippen molar-refractivity contribution in [3.63, 3.8) is 0 Å². The number of carbonyl (C=O) groups is 1. The zero-order chi connectivity index (χ0) is 12.7. The molecule has 1 aromatic heterocycles. The van der Waals surface area contributed by atoms with Crippen molar-refractivity contribution < 1.29 is 9.90 Å². The van der Waals surface area contributed by atoms with E-state index >= 15 is 0 Å². The van der Waals surface area contributed by atoms with Crippen LogP contribution in [-0.4, -0.2) is 21.7 Å². The van der Waals surface area contributed by atoms with Crippen LogP contribution >= 0.6 is 0 Å². The van der Waals surface area contributed by atoms with Crippen LogP contribution in [0.2, 0.25) is 0 Å². The van der Waals surface area contributed by atoms with Crippen LogP contribution in [0.5, 0.6) is 0 Å². The number of aromatic carboxylic acids is 1. The maximum atomic E-state index is 11.3. The zero-order valence-corrected chi connectivity index (χ0v) is 10.3. The summed E-state index contributed by atoms with van der Waals surface area (Å²) in [6.45, 7) is 0.742. The molecule has 0 spiro atoms. The number of carboxylic acid groups (broad SMARTS) is 1. The summed E-state index contributed by atoms with van der Waals surface area (Å²) >= 11 is 0. The van der Waals surface area contributed by atoms with Crippen molar-refractivity contribution in [2.24, 2.45) is 7.05 Å². The molecule has 1 aromatic carbocycles. The lowest BCUT2D eigenvalue weighted by Gasteiger charge is -2.03. The number of nitrogens with zero attached hydrogens (tertiary/aromatic N) is 1. The van der Waals surface area contributed by atoms with Crippen molar-refractivity contribution in [2.45, 2.75) is 25.4 Å². The Labute approximate surface area is 105 Å². The molecule has 3 rings (SSSR count). The summed E-state index contributed by atoms with van der Waals surface area (Å²) < 4.78 is 1.99. The molecule has 4 heteroatoms. The van der Waals surface area contributed by atoms with Crippen LogP contribution in [0.1, 0.15) is 28.8 Å². The SMILES string of the molecule is Cn1cc(CNC2CC2)c2c(C(=O)O)cccc21. The summed E-state index contributed by atoms with van der Waals surface area (Å²) in [5, 5.41) is 13.6. The van der Waals surface area contributed by atoms with Gasteiger partial charge in [-0.3, -0.25) is 0 Å². The van der Waals surface area contributed by atoms with Gasteiger partial charge in [0.15, 0.2) is 0 Å². The summed E-state index contributed by atoms with van der Waals surface area (Å²) in [6, 6.07) is 6.05. The van der Waals surface area contributed by atoms with Gasteiger partial charge in [-0.25, -0.2) is 4.79 Å². The Kier molecular flexibility index (Phi) is 2.59. The molecule has 0 radical (unpaired) electrons. The number of carboxylic acids is 1. The largest absolute Gasteiger partial charge is 0.478 e. The van der Waals surface area contributed by atoms with E-state index in [1.54, 1.807) is 12.1 Å². The fourth-order valence-electron chi connectivity index (χ4n) is 2.39. The highest BCUT2D eigenvalue weighted by atomic mass is 16.4. The maximum Gasteiger partial charge on any atom is 0.336 e. The van der Waals surface area contributed by atoms with Gasteiger partial charge in [0.05, 0.1) is 5.56 Å². The molecule has 2 N–H and O–H groups in total. The highest BCUT2D eigenvalue weighted by Crippen LogP contribution is 2.26. The Morgan fingerprint density at radius 2 is 2.28 bits per heavy atom. The lowest BCUT2D eigenvalue weighted by atomic mass is 10.1. The normalized spacial score (nSPS) is 15.2. The van der Waals surface area contributed by atoms with Gasteiger partial charge in [0.25, 0.3) is 0 Å². The third-order valence-corrected chi connectivity index (χ3v) is 3.48. The van der Waals surface area contributed by atoms with E-state index < -0.39 is 5.97 Å². The number of hydrogen-bond acceptors (Lipinski definition) is 2. The van der Waals surface area contributed by atoms with Gasteiger partial charge >= 0.3 is 5.97 Å². The summed E-state index contributed by atoms with van der Waals surface area (Å²) in [4.78, 5) is 11.3. The molecule has 0 bridgehead atoms. The number of rotatable bonds is 4. The first-order valence-corrected chi connectivity index (χ1v) is 6.20. The summed E-state index contributed by atoms with van der Waals surface area (Å²) in [5.74, 6) is -0.862. The van der Waals surface area contributed by atoms with E-state index in [-0.39, 0.29) is 0 Å². The van der Waals surface area contributed by atoms with Gasteiger partial charge in [-0.1, -0.05) is 6.07 Å². The Morgan fingerprint density at radius 3 is 2.94 bits per heavy atom. The quantitative estimate of drug-likeness (QED) is 0.866. The van der Waals surface area contributed by atoms with E-state index in [2.05, 4.69) is 5.32 Å². The van der Waals surface area contributed by atoms with E-state index in [4.69, 9.17) is 0 Å². The van der Waals surface area contributed by atoms with Crippen LogP contribution in [0.15, 0.2) is 24.4 Å². The predicted molar refractivity (Wildman–Crippen MR) is 69.7 cm³/mol. The first-order valence-electron chi connectivity index (χ1n) is 6.20. The highest BCUT2D eigenvalue weighted by molar-refractivity contribution is 6.04. The number of nitrogens with one attached hydrogen (secondary N) is 1. The van der Waals surface area contributed by atoms with Gasteiger partial charge < -0.3 is 15.0 Å². The summed E-state index contributed by atoms with van der Waals surface area (Å²) in [7, 11) is 1.95. The second-order valence-electron chi connectivity index (χ2n) is 4.93. The van der Waals surface area contributed by atoms with Gasteiger partial charge in [0, 0.05) is 36.7 Å². The molecule has 0 unspecified atom stereocenters. The van der Waals surface area contributed by atoms with Gasteiger partial charge in [0.1, 0.15) is 0 Å². The maximum absolute atomic E-state index is 11.3. The van der Waals surface area contributed by atoms with Crippen molar-refractivity contribution >= 4 is 16.9 Å². The molecule has 4 nitrogen and oxygen atoms in total. The fourth-order valence-corrected chi connectivity index (χ4v) is 2.39. The first kappa shape index (κ1) is 11.3. The predicted octanol–water partition coefficient (Wildman–Crippen LogP) is 2.13. The van der Waals surface area contributed by atoms with E-state index in [9.17, 15) is 9.90 Å². The van der Waals surface area contributed by atoms with Crippen LogP contribution in [0, 0.1) is 0 Å². The van der Waals surface area contributed by atoms with Crippen molar-refractivity contribution in [3.05, 3.63) is 35.5 Å². The monoisotopic (exact) mass is 244 g/mol. The molecule has 0 aliphatic heterocycles. The Morgan fingerprint density at radius 1 is 1.50 bits per heavy atom. The van der Waals surface area contributed by atoms with Crippen molar-refractivity contribution in [2.75, 3.05) is 0 Å². The molecule has 1 saturated carbocycles. The lowest BCUT2D eigenvalue weighted by Crippen LogP contribution is -2.15. The van der Waals surface area contributed by atoms with Gasteiger partial charge in [-0.05, 0) is 30.5 Å². The molecule has 0 atom stereocenters. The molecule has 0 saturated heterocycles. The Hall–Kier alpha value is -1.81. The topological polar surface area (TPSA) is 54.3 Å². The van der Waals surface area contributed by atoms with Crippen LogP contribution in [0.4, 0.5) is 0 Å². The second kappa shape index (κ2) is 4.14.